The maximum absolute atomic E-state index is 13.0. The van der Waals surface area contributed by atoms with Crippen molar-refractivity contribution < 1.29 is 9.18 Å². The molecule has 0 aliphatic heterocycles. The molecule has 1 fully saturated rings. The predicted molar refractivity (Wildman–Crippen MR) is 102 cm³/mol. The summed E-state index contributed by atoms with van der Waals surface area (Å²) in [4.78, 5) is 21.6. The van der Waals surface area contributed by atoms with Gasteiger partial charge in [-0.2, -0.15) is 0 Å². The average Bonchev–Trinajstić information content (AvgIpc) is 3.52. The van der Waals surface area contributed by atoms with Crippen molar-refractivity contribution in [1.82, 2.24) is 15.3 Å². The summed E-state index contributed by atoms with van der Waals surface area (Å²) < 4.78 is 13.0. The monoisotopic (exact) mass is 362 g/mol. The number of carbonyl (C=O) groups is 1. The summed E-state index contributed by atoms with van der Waals surface area (Å²) in [5, 5.41) is 6.16. The van der Waals surface area contributed by atoms with Crippen molar-refractivity contribution >= 4 is 11.7 Å². The Labute approximate surface area is 156 Å². The number of anilines is 1. The molecule has 0 saturated heterocycles. The lowest BCUT2D eigenvalue weighted by atomic mass is 10.2. The van der Waals surface area contributed by atoms with Gasteiger partial charge in [0.05, 0.1) is 0 Å². The Bertz CT molecular complexity index is 940. The van der Waals surface area contributed by atoms with E-state index in [9.17, 15) is 9.18 Å². The van der Waals surface area contributed by atoms with Crippen LogP contribution in [0.3, 0.4) is 0 Å². The summed E-state index contributed by atoms with van der Waals surface area (Å²) in [5.74, 6) is 0.563. The van der Waals surface area contributed by atoms with Crippen LogP contribution < -0.4 is 10.6 Å². The Morgan fingerprint density at radius 2 is 1.78 bits per heavy atom. The normalized spacial score (nSPS) is 13.2. The highest BCUT2D eigenvalue weighted by Crippen LogP contribution is 2.25. The van der Waals surface area contributed by atoms with Crippen molar-refractivity contribution in [3.8, 4) is 11.4 Å². The van der Waals surface area contributed by atoms with Crippen molar-refractivity contribution in [2.24, 2.45) is 0 Å². The van der Waals surface area contributed by atoms with E-state index in [0.29, 0.717) is 29.9 Å². The Hall–Kier alpha value is -3.28. The second-order valence-corrected chi connectivity index (χ2v) is 6.56. The van der Waals surface area contributed by atoms with Crippen LogP contribution in [0.5, 0.6) is 0 Å². The van der Waals surface area contributed by atoms with Crippen LogP contribution in [0.1, 0.15) is 28.9 Å². The second-order valence-electron chi connectivity index (χ2n) is 6.56. The van der Waals surface area contributed by atoms with Gasteiger partial charge in [0.1, 0.15) is 17.3 Å². The molecule has 1 heterocycles. The Morgan fingerprint density at radius 1 is 1.04 bits per heavy atom. The molecule has 1 aromatic heterocycles. The summed E-state index contributed by atoms with van der Waals surface area (Å²) in [5.41, 5.74) is 1.97. The lowest BCUT2D eigenvalue weighted by Crippen LogP contribution is -2.24. The first-order valence-corrected chi connectivity index (χ1v) is 8.91. The van der Waals surface area contributed by atoms with E-state index in [-0.39, 0.29) is 11.7 Å². The van der Waals surface area contributed by atoms with E-state index in [2.05, 4.69) is 20.6 Å². The standard InChI is InChI=1S/C21H19FN4O/c22-16-8-6-14(7-9-16)13-23-21(27)18-12-19(24-17-10-11-17)26-20(25-18)15-4-2-1-3-5-15/h1-9,12,17H,10-11,13H2,(H,23,27)(H,24,25,26). The molecule has 0 bridgehead atoms. The molecule has 4 rings (SSSR count). The van der Waals surface area contributed by atoms with Crippen LogP contribution in [0, 0.1) is 5.82 Å². The van der Waals surface area contributed by atoms with E-state index in [1.807, 2.05) is 30.3 Å². The maximum Gasteiger partial charge on any atom is 0.270 e. The minimum Gasteiger partial charge on any atom is -0.367 e. The van der Waals surface area contributed by atoms with E-state index in [1.54, 1.807) is 18.2 Å². The number of amides is 1. The maximum atomic E-state index is 13.0. The van der Waals surface area contributed by atoms with Gasteiger partial charge in [0, 0.05) is 24.2 Å². The molecular weight excluding hydrogens is 343 g/mol. The number of rotatable bonds is 6. The van der Waals surface area contributed by atoms with Crippen LogP contribution in [0.25, 0.3) is 11.4 Å². The van der Waals surface area contributed by atoms with Crippen molar-refractivity contribution in [2.45, 2.75) is 25.4 Å². The van der Waals surface area contributed by atoms with Gasteiger partial charge in [0.2, 0.25) is 0 Å². The van der Waals surface area contributed by atoms with Gasteiger partial charge < -0.3 is 10.6 Å². The zero-order valence-electron chi connectivity index (χ0n) is 14.7. The van der Waals surface area contributed by atoms with Gasteiger partial charge in [-0.05, 0) is 30.5 Å². The SMILES string of the molecule is O=C(NCc1ccc(F)cc1)c1cc(NC2CC2)nc(-c2ccccc2)n1. The fourth-order valence-electron chi connectivity index (χ4n) is 2.67. The third kappa shape index (κ3) is 4.47. The Balaban J connectivity index is 1.56. The van der Waals surface area contributed by atoms with E-state index in [0.717, 1.165) is 24.0 Å². The van der Waals surface area contributed by atoms with E-state index < -0.39 is 0 Å². The molecule has 3 aromatic rings. The molecule has 0 spiro atoms. The molecule has 1 amide bonds. The molecule has 0 atom stereocenters. The van der Waals surface area contributed by atoms with Crippen molar-refractivity contribution in [1.29, 1.82) is 0 Å². The molecule has 136 valence electrons. The van der Waals surface area contributed by atoms with E-state index >= 15 is 0 Å². The van der Waals surface area contributed by atoms with Gasteiger partial charge >= 0.3 is 0 Å². The Kier molecular flexibility index (Phi) is 4.78. The zero-order valence-corrected chi connectivity index (χ0v) is 14.7. The van der Waals surface area contributed by atoms with Crippen molar-refractivity contribution in [3.05, 3.63) is 77.7 Å². The largest absolute Gasteiger partial charge is 0.367 e. The van der Waals surface area contributed by atoms with E-state index in [1.165, 1.54) is 12.1 Å². The minimum absolute atomic E-state index is 0.294. The van der Waals surface area contributed by atoms with Crippen molar-refractivity contribution in [2.75, 3.05) is 5.32 Å². The van der Waals surface area contributed by atoms with Crippen molar-refractivity contribution in [3.63, 3.8) is 0 Å². The summed E-state index contributed by atoms with van der Waals surface area (Å²) in [7, 11) is 0. The molecule has 2 N–H and O–H groups in total. The summed E-state index contributed by atoms with van der Waals surface area (Å²) in [6.45, 7) is 0.301. The summed E-state index contributed by atoms with van der Waals surface area (Å²) in [6.07, 6.45) is 2.22. The number of carbonyl (C=O) groups excluding carboxylic acids is 1. The molecule has 27 heavy (non-hydrogen) atoms. The molecule has 6 heteroatoms. The topological polar surface area (TPSA) is 66.9 Å². The van der Waals surface area contributed by atoms with Gasteiger partial charge in [-0.3, -0.25) is 4.79 Å². The molecule has 0 unspecified atom stereocenters. The van der Waals surface area contributed by atoms with Crippen LogP contribution >= 0.6 is 0 Å². The summed E-state index contributed by atoms with van der Waals surface area (Å²) >= 11 is 0. The van der Waals surface area contributed by atoms with Gasteiger partial charge in [-0.25, -0.2) is 14.4 Å². The van der Waals surface area contributed by atoms with Gasteiger partial charge in [0.15, 0.2) is 5.82 Å². The lowest BCUT2D eigenvalue weighted by Gasteiger charge is -2.10. The predicted octanol–water partition coefficient (Wildman–Crippen LogP) is 3.79. The molecule has 0 radical (unpaired) electrons. The fraction of sp³-hybridized carbons (Fsp3) is 0.190. The van der Waals surface area contributed by atoms with Gasteiger partial charge in [-0.1, -0.05) is 42.5 Å². The molecule has 1 aliphatic carbocycles. The average molecular weight is 362 g/mol. The quantitative estimate of drug-likeness (QED) is 0.700. The smallest absolute Gasteiger partial charge is 0.270 e. The Morgan fingerprint density at radius 3 is 2.48 bits per heavy atom. The number of benzene rings is 2. The molecule has 5 nitrogen and oxygen atoms in total. The van der Waals surface area contributed by atoms with Crippen LogP contribution in [0.15, 0.2) is 60.7 Å². The fourth-order valence-corrected chi connectivity index (χ4v) is 2.67. The lowest BCUT2D eigenvalue weighted by molar-refractivity contribution is 0.0946. The van der Waals surface area contributed by atoms with Crippen LogP contribution in [-0.2, 0) is 6.54 Å². The highest BCUT2D eigenvalue weighted by Gasteiger charge is 2.22. The second kappa shape index (κ2) is 7.53. The highest BCUT2D eigenvalue weighted by molar-refractivity contribution is 5.93. The molecule has 1 aliphatic rings. The number of hydrogen-bond acceptors (Lipinski definition) is 4. The number of halogens is 1. The zero-order chi connectivity index (χ0) is 18.6. The van der Waals surface area contributed by atoms with Gasteiger partial charge in [0.25, 0.3) is 5.91 Å². The first-order chi connectivity index (χ1) is 13.2. The summed E-state index contributed by atoms with van der Waals surface area (Å²) in [6, 6.07) is 17.7. The molecular formula is C21H19FN4O. The van der Waals surface area contributed by atoms with Crippen LogP contribution in [0.4, 0.5) is 10.2 Å². The number of hydrogen-bond donors (Lipinski definition) is 2. The highest BCUT2D eigenvalue weighted by atomic mass is 19.1. The van der Waals surface area contributed by atoms with Gasteiger partial charge in [-0.15, -0.1) is 0 Å². The van der Waals surface area contributed by atoms with Crippen LogP contribution in [0.2, 0.25) is 0 Å². The van der Waals surface area contributed by atoms with E-state index in [4.69, 9.17) is 0 Å². The third-order valence-electron chi connectivity index (χ3n) is 4.29. The number of nitrogens with zero attached hydrogens (tertiary/aromatic N) is 2. The third-order valence-corrected chi connectivity index (χ3v) is 4.29. The molecule has 2 aromatic carbocycles. The minimum atomic E-state index is -0.302. The van der Waals surface area contributed by atoms with Crippen LogP contribution in [-0.4, -0.2) is 21.9 Å². The number of aromatic nitrogens is 2. The number of nitrogens with one attached hydrogen (secondary N) is 2. The first-order valence-electron chi connectivity index (χ1n) is 8.91. The first kappa shape index (κ1) is 17.1. The molecule has 1 saturated carbocycles.